The number of nitro groups is 1. The van der Waals surface area contributed by atoms with Gasteiger partial charge < -0.3 is 4.98 Å². The average Bonchev–Trinajstić information content (AvgIpc) is 2.74. The second kappa shape index (κ2) is 8.35. The van der Waals surface area contributed by atoms with E-state index in [1.807, 2.05) is 4.90 Å². The van der Waals surface area contributed by atoms with Crippen molar-refractivity contribution in [1.29, 1.82) is 0 Å². The van der Waals surface area contributed by atoms with Crippen LogP contribution in [0.5, 0.6) is 0 Å². The van der Waals surface area contributed by atoms with Crippen LogP contribution in [0.3, 0.4) is 0 Å². The lowest BCUT2D eigenvalue weighted by Crippen LogP contribution is -2.48. The van der Waals surface area contributed by atoms with Gasteiger partial charge >= 0.3 is 0 Å². The minimum absolute atomic E-state index is 0.165. The predicted octanol–water partition coefficient (Wildman–Crippen LogP) is 1.99. The number of fused-ring (bicyclic) bond motifs is 1. The molecule has 31 heavy (non-hydrogen) atoms. The van der Waals surface area contributed by atoms with Crippen LogP contribution >= 0.6 is 11.6 Å². The van der Waals surface area contributed by atoms with E-state index in [-0.39, 0.29) is 23.5 Å². The van der Waals surface area contributed by atoms with Gasteiger partial charge in [0, 0.05) is 37.3 Å². The van der Waals surface area contributed by atoms with E-state index >= 15 is 0 Å². The van der Waals surface area contributed by atoms with Crippen molar-refractivity contribution in [3.63, 3.8) is 0 Å². The molecule has 3 aromatic rings. The zero-order chi connectivity index (χ0) is 22.2. The van der Waals surface area contributed by atoms with Crippen LogP contribution in [0.4, 0.5) is 5.69 Å². The second-order valence-corrected chi connectivity index (χ2v) is 9.42. The number of nitrogens with one attached hydrogen (secondary N) is 1. The highest BCUT2D eigenvalue weighted by Gasteiger charge is 2.33. The molecule has 1 aromatic heterocycles. The Hall–Kier alpha value is -2.86. The molecule has 1 N–H and O–H groups in total. The highest BCUT2D eigenvalue weighted by Crippen LogP contribution is 2.27. The van der Waals surface area contributed by atoms with Gasteiger partial charge in [0.25, 0.3) is 11.2 Å². The summed E-state index contributed by atoms with van der Waals surface area (Å²) in [6.45, 7) is 1.43. The number of hydrogen-bond donors (Lipinski definition) is 1. The van der Waals surface area contributed by atoms with Crippen LogP contribution in [-0.2, 0) is 16.6 Å². The van der Waals surface area contributed by atoms with E-state index in [4.69, 9.17) is 11.6 Å². The fourth-order valence-corrected chi connectivity index (χ4v) is 5.29. The summed E-state index contributed by atoms with van der Waals surface area (Å²) in [5.41, 5.74) is -0.223. The fourth-order valence-electron chi connectivity index (χ4n) is 3.54. The van der Waals surface area contributed by atoms with Crippen LogP contribution in [0.1, 0.15) is 5.82 Å². The van der Waals surface area contributed by atoms with Crippen molar-refractivity contribution in [3.8, 4) is 0 Å². The molecule has 2 heterocycles. The Morgan fingerprint density at radius 1 is 1.13 bits per heavy atom. The molecule has 0 atom stereocenters. The van der Waals surface area contributed by atoms with Crippen LogP contribution in [0.2, 0.25) is 5.02 Å². The summed E-state index contributed by atoms with van der Waals surface area (Å²) in [7, 11) is -4.00. The number of aromatic amines is 1. The summed E-state index contributed by atoms with van der Waals surface area (Å²) < 4.78 is 27.1. The topological polar surface area (TPSA) is 130 Å². The maximum absolute atomic E-state index is 12.9. The molecule has 0 unspecified atom stereocenters. The Kier molecular flexibility index (Phi) is 5.75. The van der Waals surface area contributed by atoms with Gasteiger partial charge in [-0.1, -0.05) is 23.7 Å². The number of sulfonamides is 1. The van der Waals surface area contributed by atoms with E-state index in [2.05, 4.69) is 9.97 Å². The molecular weight excluding hydrogens is 446 g/mol. The maximum atomic E-state index is 12.9. The standard InChI is InChI=1S/C19H18ClN5O5S/c20-13-5-6-14-15(11-13)21-18(22-19(14)26)12-23-7-9-24(10-8-23)31(29,30)17-4-2-1-3-16(17)25(27)28/h1-6,11H,7-10,12H2,(H,21,22,26). The molecule has 162 valence electrons. The van der Waals surface area contributed by atoms with E-state index in [1.54, 1.807) is 18.2 Å². The molecule has 0 spiro atoms. The van der Waals surface area contributed by atoms with Crippen LogP contribution in [0.15, 0.2) is 52.2 Å². The predicted molar refractivity (Wildman–Crippen MR) is 115 cm³/mol. The molecular formula is C19H18ClN5O5S. The Morgan fingerprint density at radius 3 is 2.55 bits per heavy atom. The molecule has 0 aliphatic carbocycles. The highest BCUT2D eigenvalue weighted by atomic mass is 35.5. The van der Waals surface area contributed by atoms with Gasteiger partial charge in [0.15, 0.2) is 4.90 Å². The van der Waals surface area contributed by atoms with E-state index in [0.29, 0.717) is 41.4 Å². The molecule has 0 amide bonds. The minimum Gasteiger partial charge on any atom is -0.309 e. The zero-order valence-electron chi connectivity index (χ0n) is 16.2. The Labute approximate surface area is 182 Å². The summed E-state index contributed by atoms with van der Waals surface area (Å²) in [4.78, 5) is 31.6. The lowest BCUT2D eigenvalue weighted by atomic mass is 10.2. The smallest absolute Gasteiger partial charge is 0.289 e. The molecule has 4 rings (SSSR count). The third-order valence-electron chi connectivity index (χ3n) is 5.10. The van der Waals surface area contributed by atoms with Gasteiger partial charge in [-0.3, -0.25) is 19.8 Å². The van der Waals surface area contributed by atoms with E-state index in [0.717, 1.165) is 0 Å². The molecule has 1 aliphatic rings. The van der Waals surface area contributed by atoms with Crippen LogP contribution in [0.25, 0.3) is 10.9 Å². The number of hydrogen-bond acceptors (Lipinski definition) is 7. The van der Waals surface area contributed by atoms with E-state index in [1.165, 1.54) is 28.6 Å². The van der Waals surface area contributed by atoms with Crippen molar-refractivity contribution in [1.82, 2.24) is 19.2 Å². The number of nitrogens with zero attached hydrogens (tertiary/aromatic N) is 4. The average molecular weight is 464 g/mol. The lowest BCUT2D eigenvalue weighted by molar-refractivity contribution is -0.387. The lowest BCUT2D eigenvalue weighted by Gasteiger charge is -2.33. The quantitative estimate of drug-likeness (QED) is 0.452. The maximum Gasteiger partial charge on any atom is 0.289 e. The first kappa shape index (κ1) is 21.4. The Balaban J connectivity index is 1.49. The van der Waals surface area contributed by atoms with Crippen molar-refractivity contribution in [2.45, 2.75) is 11.4 Å². The van der Waals surface area contributed by atoms with Crippen LogP contribution in [0, 0.1) is 10.1 Å². The number of nitro benzene ring substituents is 1. The molecule has 0 radical (unpaired) electrons. The number of rotatable bonds is 5. The number of benzene rings is 2. The van der Waals surface area contributed by atoms with Gasteiger partial charge in [0.2, 0.25) is 10.0 Å². The SMILES string of the molecule is O=c1[nH]c(CN2CCN(S(=O)(=O)c3ccccc3[N+](=O)[O-])CC2)nc2cc(Cl)ccc12. The third kappa shape index (κ3) is 4.30. The molecule has 12 heteroatoms. The highest BCUT2D eigenvalue weighted by molar-refractivity contribution is 7.89. The summed E-state index contributed by atoms with van der Waals surface area (Å²) in [5, 5.41) is 12.1. The molecule has 1 fully saturated rings. The number of halogens is 1. The second-order valence-electron chi connectivity index (χ2n) is 7.08. The van der Waals surface area contributed by atoms with Gasteiger partial charge in [-0.2, -0.15) is 4.31 Å². The molecule has 1 saturated heterocycles. The summed E-state index contributed by atoms with van der Waals surface area (Å²) in [6.07, 6.45) is 0. The van der Waals surface area contributed by atoms with E-state index < -0.39 is 20.6 Å². The Bertz CT molecular complexity index is 1320. The van der Waals surface area contributed by atoms with Crippen molar-refractivity contribution >= 4 is 38.2 Å². The van der Waals surface area contributed by atoms with Gasteiger partial charge in [-0.15, -0.1) is 0 Å². The third-order valence-corrected chi connectivity index (χ3v) is 7.28. The van der Waals surface area contributed by atoms with Crippen molar-refractivity contribution in [2.24, 2.45) is 0 Å². The number of aromatic nitrogens is 2. The molecule has 0 saturated carbocycles. The molecule has 1 aliphatic heterocycles. The van der Waals surface area contributed by atoms with Gasteiger partial charge in [0.05, 0.1) is 22.4 Å². The minimum atomic E-state index is -4.00. The van der Waals surface area contributed by atoms with Crippen LogP contribution < -0.4 is 5.56 Å². The van der Waals surface area contributed by atoms with Crippen molar-refractivity contribution in [2.75, 3.05) is 26.2 Å². The first-order valence-electron chi connectivity index (χ1n) is 9.40. The number of H-pyrrole nitrogens is 1. The molecule has 2 aromatic carbocycles. The summed E-state index contributed by atoms with van der Waals surface area (Å²) >= 11 is 5.99. The largest absolute Gasteiger partial charge is 0.309 e. The first-order valence-corrected chi connectivity index (χ1v) is 11.2. The van der Waals surface area contributed by atoms with Crippen molar-refractivity contribution in [3.05, 3.63) is 73.8 Å². The van der Waals surface area contributed by atoms with Crippen molar-refractivity contribution < 1.29 is 13.3 Å². The Morgan fingerprint density at radius 2 is 1.84 bits per heavy atom. The fraction of sp³-hybridized carbons (Fsp3) is 0.263. The normalized spacial score (nSPS) is 15.9. The van der Waals surface area contributed by atoms with E-state index in [9.17, 15) is 23.3 Å². The number of piperazine rings is 1. The zero-order valence-corrected chi connectivity index (χ0v) is 17.8. The molecule has 0 bridgehead atoms. The monoisotopic (exact) mass is 463 g/mol. The van der Waals surface area contributed by atoms with Crippen LogP contribution in [-0.4, -0.2) is 58.7 Å². The van der Waals surface area contributed by atoms with Gasteiger partial charge in [0.1, 0.15) is 5.82 Å². The first-order chi connectivity index (χ1) is 14.8. The van der Waals surface area contributed by atoms with Gasteiger partial charge in [-0.25, -0.2) is 13.4 Å². The summed E-state index contributed by atoms with van der Waals surface area (Å²) in [6, 6.07) is 10.2. The van der Waals surface area contributed by atoms with Gasteiger partial charge in [-0.05, 0) is 24.3 Å². The number of para-hydroxylation sites is 1. The summed E-state index contributed by atoms with van der Waals surface area (Å²) in [5.74, 6) is 0.453. The molecule has 10 nitrogen and oxygen atoms in total.